The summed E-state index contributed by atoms with van der Waals surface area (Å²) in [6.45, 7) is 2.91. The van der Waals surface area contributed by atoms with E-state index in [4.69, 9.17) is 11.6 Å². The molecule has 0 radical (unpaired) electrons. The van der Waals surface area contributed by atoms with Gasteiger partial charge >= 0.3 is 0 Å². The van der Waals surface area contributed by atoms with Crippen molar-refractivity contribution in [3.63, 3.8) is 0 Å². The maximum atomic E-state index is 13.2. The molecule has 0 aliphatic rings. The highest BCUT2D eigenvalue weighted by molar-refractivity contribution is 14.0. The smallest absolute Gasteiger partial charge is 0.226 e. The molecule has 152 valence electrons. The summed E-state index contributed by atoms with van der Waals surface area (Å²) in [6.07, 6.45) is 0.962. The van der Waals surface area contributed by atoms with Crippen LogP contribution in [0.3, 0.4) is 0 Å². The SMILES string of the molecule is CN=C(NCCC(=O)Nc1cccc(Cl)c1C)NCCc1cccc(F)c1.I. The number of amides is 1. The molecule has 3 N–H and O–H groups in total. The zero-order valence-electron chi connectivity index (χ0n) is 15.9. The van der Waals surface area contributed by atoms with Crippen LogP contribution >= 0.6 is 35.6 Å². The van der Waals surface area contributed by atoms with E-state index in [0.717, 1.165) is 11.1 Å². The number of nitrogens with zero attached hydrogens (tertiary/aromatic N) is 1. The average Bonchev–Trinajstić information content (AvgIpc) is 2.64. The molecule has 28 heavy (non-hydrogen) atoms. The molecular formula is C20H25ClFIN4O. The third-order valence-corrected chi connectivity index (χ3v) is 4.41. The number of rotatable bonds is 7. The highest BCUT2D eigenvalue weighted by Gasteiger charge is 2.07. The molecule has 0 saturated heterocycles. The molecule has 0 fully saturated rings. The number of carbonyl (C=O) groups is 1. The van der Waals surface area contributed by atoms with E-state index in [1.807, 2.05) is 19.1 Å². The second-order valence-corrected chi connectivity index (χ2v) is 6.42. The summed E-state index contributed by atoms with van der Waals surface area (Å²) < 4.78 is 13.2. The van der Waals surface area contributed by atoms with Crippen molar-refractivity contribution in [1.82, 2.24) is 10.6 Å². The lowest BCUT2D eigenvalue weighted by atomic mass is 10.1. The molecule has 0 aliphatic carbocycles. The number of guanidine groups is 1. The minimum Gasteiger partial charge on any atom is -0.356 e. The third kappa shape index (κ3) is 8.02. The Balaban J connectivity index is 0.00000392. The summed E-state index contributed by atoms with van der Waals surface area (Å²) >= 11 is 6.05. The normalized spacial score (nSPS) is 10.8. The van der Waals surface area contributed by atoms with Crippen LogP contribution in [0.2, 0.25) is 5.02 Å². The van der Waals surface area contributed by atoms with Crippen LogP contribution in [0.25, 0.3) is 0 Å². The zero-order chi connectivity index (χ0) is 19.6. The molecule has 0 aliphatic heterocycles. The van der Waals surface area contributed by atoms with Crippen molar-refractivity contribution in [1.29, 1.82) is 0 Å². The van der Waals surface area contributed by atoms with Gasteiger partial charge in [-0.1, -0.05) is 29.8 Å². The first-order valence-corrected chi connectivity index (χ1v) is 9.11. The topological polar surface area (TPSA) is 65.5 Å². The summed E-state index contributed by atoms with van der Waals surface area (Å²) in [4.78, 5) is 16.2. The minimum atomic E-state index is -0.240. The quantitative estimate of drug-likeness (QED) is 0.293. The van der Waals surface area contributed by atoms with Crippen LogP contribution in [0.15, 0.2) is 47.5 Å². The van der Waals surface area contributed by atoms with E-state index >= 15 is 0 Å². The molecule has 0 atom stereocenters. The summed E-state index contributed by atoms with van der Waals surface area (Å²) in [5, 5.41) is 9.71. The molecule has 0 bridgehead atoms. The Morgan fingerprint density at radius 2 is 1.86 bits per heavy atom. The number of hydrogen-bond donors (Lipinski definition) is 3. The van der Waals surface area contributed by atoms with Gasteiger partial charge in [-0.25, -0.2) is 4.39 Å². The predicted molar refractivity (Wildman–Crippen MR) is 124 cm³/mol. The zero-order valence-corrected chi connectivity index (χ0v) is 19.0. The average molecular weight is 519 g/mol. The Morgan fingerprint density at radius 3 is 2.57 bits per heavy atom. The van der Waals surface area contributed by atoms with Crippen molar-refractivity contribution in [2.75, 3.05) is 25.5 Å². The van der Waals surface area contributed by atoms with E-state index in [-0.39, 0.29) is 42.1 Å². The molecule has 5 nitrogen and oxygen atoms in total. The molecule has 0 heterocycles. The van der Waals surface area contributed by atoms with Crippen LogP contribution in [-0.2, 0) is 11.2 Å². The number of carbonyl (C=O) groups excluding carboxylic acids is 1. The monoisotopic (exact) mass is 518 g/mol. The highest BCUT2D eigenvalue weighted by atomic mass is 127. The van der Waals surface area contributed by atoms with E-state index < -0.39 is 0 Å². The molecule has 0 unspecified atom stereocenters. The van der Waals surface area contributed by atoms with Gasteiger partial charge in [0, 0.05) is 37.3 Å². The molecule has 2 aromatic carbocycles. The largest absolute Gasteiger partial charge is 0.356 e. The van der Waals surface area contributed by atoms with Crippen molar-refractivity contribution in [3.05, 3.63) is 64.4 Å². The number of anilines is 1. The van der Waals surface area contributed by atoms with Gasteiger partial charge in [0.25, 0.3) is 0 Å². The first-order chi connectivity index (χ1) is 13.0. The lowest BCUT2D eigenvalue weighted by Gasteiger charge is -2.13. The Labute approximate surface area is 187 Å². The molecule has 0 saturated carbocycles. The van der Waals surface area contributed by atoms with Gasteiger partial charge in [0.05, 0.1) is 0 Å². The number of aliphatic imine (C=N–C) groups is 1. The predicted octanol–water partition coefficient (Wildman–Crippen LogP) is 4.14. The van der Waals surface area contributed by atoms with E-state index in [0.29, 0.717) is 36.2 Å². The first kappa shape index (κ1) is 24.2. The van der Waals surface area contributed by atoms with Crippen molar-refractivity contribution in [2.24, 2.45) is 4.99 Å². The maximum absolute atomic E-state index is 13.2. The van der Waals surface area contributed by atoms with Crippen LogP contribution in [0.1, 0.15) is 17.5 Å². The van der Waals surface area contributed by atoms with Crippen molar-refractivity contribution >= 4 is 53.1 Å². The molecule has 0 spiro atoms. The van der Waals surface area contributed by atoms with Crippen molar-refractivity contribution in [2.45, 2.75) is 19.8 Å². The first-order valence-electron chi connectivity index (χ1n) is 8.73. The van der Waals surface area contributed by atoms with Gasteiger partial charge in [0.2, 0.25) is 5.91 Å². The minimum absolute atomic E-state index is 0. The molecule has 0 aromatic heterocycles. The fourth-order valence-corrected chi connectivity index (χ4v) is 2.66. The third-order valence-electron chi connectivity index (χ3n) is 4.01. The summed E-state index contributed by atoms with van der Waals surface area (Å²) in [7, 11) is 1.66. The van der Waals surface area contributed by atoms with Gasteiger partial charge in [0.15, 0.2) is 5.96 Å². The van der Waals surface area contributed by atoms with Crippen LogP contribution in [0.4, 0.5) is 10.1 Å². The second kappa shape index (κ2) is 12.6. The maximum Gasteiger partial charge on any atom is 0.226 e. The van der Waals surface area contributed by atoms with Gasteiger partial charge in [0.1, 0.15) is 5.82 Å². The van der Waals surface area contributed by atoms with Gasteiger partial charge < -0.3 is 16.0 Å². The molecule has 1 amide bonds. The molecular weight excluding hydrogens is 494 g/mol. The van der Waals surface area contributed by atoms with Gasteiger partial charge in [-0.05, 0) is 48.7 Å². The number of halogens is 3. The number of nitrogens with one attached hydrogen (secondary N) is 3. The van der Waals surface area contributed by atoms with Gasteiger partial charge in [-0.15, -0.1) is 24.0 Å². The summed E-state index contributed by atoms with van der Waals surface area (Å²) in [5.74, 6) is 0.247. The lowest BCUT2D eigenvalue weighted by Crippen LogP contribution is -2.39. The van der Waals surface area contributed by atoms with Crippen LogP contribution < -0.4 is 16.0 Å². The van der Waals surface area contributed by atoms with Gasteiger partial charge in [-0.2, -0.15) is 0 Å². The summed E-state index contributed by atoms with van der Waals surface area (Å²) in [6, 6.07) is 11.9. The molecule has 8 heteroatoms. The molecule has 2 rings (SSSR count). The van der Waals surface area contributed by atoms with E-state index in [1.165, 1.54) is 12.1 Å². The number of benzene rings is 2. The second-order valence-electron chi connectivity index (χ2n) is 6.02. The summed E-state index contributed by atoms with van der Waals surface area (Å²) in [5.41, 5.74) is 2.47. The van der Waals surface area contributed by atoms with Crippen LogP contribution in [-0.4, -0.2) is 32.0 Å². The fourth-order valence-electron chi connectivity index (χ4n) is 2.49. The van der Waals surface area contributed by atoms with Crippen molar-refractivity contribution < 1.29 is 9.18 Å². The standard InChI is InChI=1S/C20H24ClFN4O.HI/c1-14-17(21)7-4-8-18(14)26-19(27)10-12-25-20(23-2)24-11-9-15-5-3-6-16(22)13-15;/h3-8,13H,9-12H2,1-2H3,(H,26,27)(H2,23,24,25);1H. The number of hydrogen-bond acceptors (Lipinski definition) is 2. The van der Waals surface area contributed by atoms with E-state index in [2.05, 4.69) is 20.9 Å². The van der Waals surface area contributed by atoms with Gasteiger partial charge in [-0.3, -0.25) is 9.79 Å². The van der Waals surface area contributed by atoms with Crippen molar-refractivity contribution in [3.8, 4) is 0 Å². The van der Waals surface area contributed by atoms with Crippen LogP contribution in [0.5, 0.6) is 0 Å². The highest BCUT2D eigenvalue weighted by Crippen LogP contribution is 2.22. The Kier molecular flexibility index (Phi) is 10.8. The lowest BCUT2D eigenvalue weighted by molar-refractivity contribution is -0.116. The van der Waals surface area contributed by atoms with Crippen LogP contribution in [0, 0.1) is 12.7 Å². The Hall–Kier alpha value is -1.87. The Bertz CT molecular complexity index is 817. The Morgan fingerprint density at radius 1 is 1.14 bits per heavy atom. The van der Waals surface area contributed by atoms with E-state index in [1.54, 1.807) is 25.2 Å². The fraction of sp³-hybridized carbons (Fsp3) is 0.300. The molecule has 2 aromatic rings. The van der Waals surface area contributed by atoms with E-state index in [9.17, 15) is 9.18 Å².